The number of nitrogens with one attached hydrogen (secondary N) is 1. The van der Waals surface area contributed by atoms with Gasteiger partial charge in [-0.2, -0.15) is 0 Å². The second kappa shape index (κ2) is 8.78. The van der Waals surface area contributed by atoms with E-state index in [2.05, 4.69) is 15.2 Å². The molecule has 5 N–H and O–H groups in total. The van der Waals surface area contributed by atoms with Gasteiger partial charge in [0.2, 0.25) is 5.91 Å². The lowest BCUT2D eigenvalue weighted by Gasteiger charge is -2.32. The van der Waals surface area contributed by atoms with Crippen molar-refractivity contribution < 1.29 is 4.79 Å². The monoisotopic (exact) mass is 394 g/mol. The molecule has 1 atom stereocenters. The molecular weight excluding hydrogens is 364 g/mol. The van der Waals surface area contributed by atoms with Gasteiger partial charge in [0, 0.05) is 42.5 Å². The molecule has 1 aliphatic heterocycles. The molecule has 4 rings (SSSR count). The normalized spacial score (nSPS) is 20.4. The Morgan fingerprint density at radius 3 is 2.69 bits per heavy atom. The summed E-state index contributed by atoms with van der Waals surface area (Å²) in [6.07, 6.45) is 10.0. The van der Waals surface area contributed by atoms with Crippen LogP contribution in [0.1, 0.15) is 55.3 Å². The smallest absolute Gasteiger partial charge is 0.248 e. The number of pyridine rings is 2. The number of hydrogen-bond donors (Lipinski definition) is 3. The number of carbonyl (C=O) groups excluding carboxylic acids is 1. The van der Waals surface area contributed by atoms with Crippen LogP contribution in [-0.2, 0) is 0 Å². The number of nitrogens with two attached hydrogens (primary N) is 2. The van der Waals surface area contributed by atoms with Crippen LogP contribution in [0, 0.1) is 0 Å². The number of carbonyl (C=O) groups is 1. The molecule has 29 heavy (non-hydrogen) atoms. The Morgan fingerprint density at radius 2 is 1.93 bits per heavy atom. The van der Waals surface area contributed by atoms with Crippen LogP contribution in [0.5, 0.6) is 0 Å². The molecule has 0 aromatic carbocycles. The topological polar surface area (TPSA) is 110 Å². The zero-order valence-electron chi connectivity index (χ0n) is 16.8. The summed E-state index contributed by atoms with van der Waals surface area (Å²) in [6.45, 7) is 1.62. The van der Waals surface area contributed by atoms with Crippen LogP contribution in [0.25, 0.3) is 11.3 Å². The molecule has 7 heteroatoms. The van der Waals surface area contributed by atoms with Crippen molar-refractivity contribution in [3.63, 3.8) is 0 Å². The number of aromatic nitrogens is 2. The molecule has 0 spiro atoms. The molecule has 1 unspecified atom stereocenters. The van der Waals surface area contributed by atoms with Gasteiger partial charge in [-0.25, -0.2) is 9.97 Å². The summed E-state index contributed by atoms with van der Waals surface area (Å²) in [5, 5.41) is 3.55. The number of piperidine rings is 1. The number of rotatable bonds is 5. The fraction of sp³-hybridized carbons (Fsp3) is 0.500. The van der Waals surface area contributed by atoms with Crippen molar-refractivity contribution in [2.75, 3.05) is 23.3 Å². The summed E-state index contributed by atoms with van der Waals surface area (Å²) in [5.74, 6) is 1.15. The minimum atomic E-state index is -0.453. The van der Waals surface area contributed by atoms with Gasteiger partial charge < -0.3 is 21.7 Å². The summed E-state index contributed by atoms with van der Waals surface area (Å²) in [6, 6.07) is 8.06. The van der Waals surface area contributed by atoms with Crippen molar-refractivity contribution in [1.29, 1.82) is 0 Å². The zero-order valence-corrected chi connectivity index (χ0v) is 16.8. The Labute approximate surface area is 171 Å². The molecule has 1 saturated heterocycles. The van der Waals surface area contributed by atoms with E-state index in [9.17, 15) is 4.79 Å². The van der Waals surface area contributed by atoms with Gasteiger partial charge in [-0.15, -0.1) is 0 Å². The minimum Gasteiger partial charge on any atom is -0.367 e. The van der Waals surface area contributed by atoms with Crippen molar-refractivity contribution in [2.24, 2.45) is 11.5 Å². The molecule has 1 aliphatic carbocycles. The predicted octanol–water partition coefficient (Wildman–Crippen LogP) is 2.91. The quantitative estimate of drug-likeness (QED) is 0.719. The summed E-state index contributed by atoms with van der Waals surface area (Å²) >= 11 is 0. The molecule has 0 radical (unpaired) electrons. The molecule has 2 fully saturated rings. The van der Waals surface area contributed by atoms with Crippen LogP contribution < -0.4 is 21.7 Å². The fourth-order valence-corrected chi connectivity index (χ4v) is 4.31. The number of amides is 1. The highest BCUT2D eigenvalue weighted by atomic mass is 16.1. The van der Waals surface area contributed by atoms with Gasteiger partial charge in [0.25, 0.3) is 0 Å². The second-order valence-corrected chi connectivity index (χ2v) is 8.22. The number of anilines is 2. The third-order valence-corrected chi connectivity index (χ3v) is 5.89. The number of nitrogens with zero attached hydrogens (tertiary/aromatic N) is 3. The molecule has 2 aromatic rings. The second-order valence-electron chi connectivity index (χ2n) is 8.22. The highest BCUT2D eigenvalue weighted by molar-refractivity contribution is 5.94. The van der Waals surface area contributed by atoms with Crippen molar-refractivity contribution in [3.05, 3.63) is 36.0 Å². The first-order chi connectivity index (χ1) is 14.1. The average molecular weight is 395 g/mol. The molecule has 154 valence electrons. The van der Waals surface area contributed by atoms with Crippen LogP contribution in [0.15, 0.2) is 30.5 Å². The lowest BCUT2D eigenvalue weighted by molar-refractivity contribution is 0.1000. The molecule has 3 heterocycles. The van der Waals surface area contributed by atoms with E-state index < -0.39 is 5.91 Å². The number of hydrogen-bond acceptors (Lipinski definition) is 6. The Hall–Kier alpha value is -2.67. The molecule has 7 nitrogen and oxygen atoms in total. The first kappa shape index (κ1) is 19.6. The van der Waals surface area contributed by atoms with Crippen molar-refractivity contribution >= 4 is 17.5 Å². The average Bonchev–Trinajstić information content (AvgIpc) is 2.74. The van der Waals surface area contributed by atoms with Crippen LogP contribution in [0.2, 0.25) is 0 Å². The highest BCUT2D eigenvalue weighted by Gasteiger charge is 2.20. The molecule has 0 bridgehead atoms. The Kier molecular flexibility index (Phi) is 5.94. The van der Waals surface area contributed by atoms with Gasteiger partial charge in [0.05, 0.1) is 5.69 Å². The highest BCUT2D eigenvalue weighted by Crippen LogP contribution is 2.27. The van der Waals surface area contributed by atoms with E-state index >= 15 is 0 Å². The third kappa shape index (κ3) is 4.85. The van der Waals surface area contributed by atoms with E-state index in [1.807, 2.05) is 12.1 Å². The summed E-state index contributed by atoms with van der Waals surface area (Å²) in [5.41, 5.74) is 13.9. The summed E-state index contributed by atoms with van der Waals surface area (Å²) in [4.78, 5) is 23.4. The van der Waals surface area contributed by atoms with Crippen LogP contribution in [0.3, 0.4) is 0 Å². The first-order valence-electron chi connectivity index (χ1n) is 10.6. The van der Waals surface area contributed by atoms with E-state index in [4.69, 9.17) is 16.5 Å². The van der Waals surface area contributed by atoms with Gasteiger partial charge in [-0.05, 0) is 49.9 Å². The standard InChI is InChI=1S/C22H30N6O/c23-17-5-4-10-28(14-17)21-13-16(22(24)29)11-19(27-21)15-8-9-25-20(12-15)26-18-6-2-1-3-7-18/h8-9,11-13,17-18H,1-7,10,14,23H2,(H2,24,29)(H,25,26). The largest absolute Gasteiger partial charge is 0.367 e. The maximum atomic E-state index is 11.9. The number of primary amides is 1. The zero-order chi connectivity index (χ0) is 20.2. The van der Waals surface area contributed by atoms with E-state index in [1.54, 1.807) is 18.3 Å². The maximum absolute atomic E-state index is 11.9. The third-order valence-electron chi connectivity index (χ3n) is 5.89. The maximum Gasteiger partial charge on any atom is 0.248 e. The summed E-state index contributed by atoms with van der Waals surface area (Å²) < 4.78 is 0. The molecular formula is C22H30N6O. The molecule has 2 aliphatic rings. The Morgan fingerprint density at radius 1 is 1.10 bits per heavy atom. The van der Waals surface area contributed by atoms with Crippen molar-refractivity contribution in [1.82, 2.24) is 9.97 Å². The lowest BCUT2D eigenvalue weighted by atomic mass is 9.95. The van der Waals surface area contributed by atoms with Crippen LogP contribution >= 0.6 is 0 Å². The van der Waals surface area contributed by atoms with E-state index in [-0.39, 0.29) is 6.04 Å². The van der Waals surface area contributed by atoms with Gasteiger partial charge in [0.15, 0.2) is 0 Å². The predicted molar refractivity (Wildman–Crippen MR) is 116 cm³/mol. The van der Waals surface area contributed by atoms with Crippen molar-refractivity contribution in [3.8, 4) is 11.3 Å². The SMILES string of the molecule is NC(=O)c1cc(-c2ccnc(NC3CCCCC3)c2)nc(N2CCCC(N)C2)c1. The van der Waals surface area contributed by atoms with Crippen molar-refractivity contribution in [2.45, 2.75) is 57.0 Å². The first-order valence-corrected chi connectivity index (χ1v) is 10.6. The van der Waals surface area contributed by atoms with E-state index in [0.717, 1.165) is 48.8 Å². The van der Waals surface area contributed by atoms with Gasteiger partial charge in [-0.1, -0.05) is 19.3 Å². The van der Waals surface area contributed by atoms with E-state index in [0.29, 0.717) is 11.6 Å². The van der Waals surface area contributed by atoms with Crippen LogP contribution in [0.4, 0.5) is 11.6 Å². The molecule has 1 amide bonds. The minimum absolute atomic E-state index is 0.124. The fourth-order valence-electron chi connectivity index (χ4n) is 4.31. The van der Waals surface area contributed by atoms with Gasteiger partial charge in [0.1, 0.15) is 11.6 Å². The molecule has 2 aromatic heterocycles. The molecule has 1 saturated carbocycles. The summed E-state index contributed by atoms with van der Waals surface area (Å²) in [7, 11) is 0. The lowest BCUT2D eigenvalue weighted by Crippen LogP contribution is -2.43. The van der Waals surface area contributed by atoms with Crippen LogP contribution in [-0.4, -0.2) is 41.0 Å². The van der Waals surface area contributed by atoms with Gasteiger partial charge in [-0.3, -0.25) is 4.79 Å². The van der Waals surface area contributed by atoms with Gasteiger partial charge >= 0.3 is 0 Å². The Bertz CT molecular complexity index is 864. The van der Waals surface area contributed by atoms with E-state index in [1.165, 1.54) is 32.1 Å². The Balaban J connectivity index is 1.63.